The van der Waals surface area contributed by atoms with E-state index in [2.05, 4.69) is 13.2 Å². The Bertz CT molecular complexity index is 640. The van der Waals surface area contributed by atoms with E-state index in [1.54, 1.807) is 39.0 Å². The van der Waals surface area contributed by atoms with Gasteiger partial charge in [0.05, 0.1) is 0 Å². The van der Waals surface area contributed by atoms with Crippen molar-refractivity contribution in [3.63, 3.8) is 0 Å². The highest BCUT2D eigenvalue weighted by Gasteiger charge is 2.07. The molecule has 0 N–H and O–H groups in total. The molecule has 1 aromatic carbocycles. The molecule has 116 valence electrons. The van der Waals surface area contributed by atoms with Crippen LogP contribution in [0.4, 0.5) is 0 Å². The number of aryl methyl sites for hydroxylation is 1. The second-order valence-electron chi connectivity index (χ2n) is 4.67. The van der Waals surface area contributed by atoms with Crippen molar-refractivity contribution in [2.75, 3.05) is 0 Å². The highest BCUT2D eigenvalue weighted by atomic mass is 16.5. The van der Waals surface area contributed by atoms with Crippen molar-refractivity contribution >= 4 is 11.9 Å². The normalized spacial score (nSPS) is 10.1. The van der Waals surface area contributed by atoms with Crippen molar-refractivity contribution in [1.29, 1.82) is 0 Å². The van der Waals surface area contributed by atoms with Gasteiger partial charge in [-0.05, 0) is 44.5 Å². The first kappa shape index (κ1) is 17.2. The predicted octanol–water partition coefficient (Wildman–Crippen LogP) is 3.45. The highest BCUT2D eigenvalue weighted by Crippen LogP contribution is 2.24. The van der Waals surface area contributed by atoms with Gasteiger partial charge in [-0.25, -0.2) is 9.59 Å². The maximum absolute atomic E-state index is 11.4. The van der Waals surface area contributed by atoms with Crippen LogP contribution in [0.3, 0.4) is 0 Å². The summed E-state index contributed by atoms with van der Waals surface area (Å²) in [6.07, 6.45) is 2.37. The summed E-state index contributed by atoms with van der Waals surface area (Å²) >= 11 is 0. The first-order valence-electron chi connectivity index (χ1n) is 6.47. The zero-order valence-electron chi connectivity index (χ0n) is 12.8. The van der Waals surface area contributed by atoms with Crippen LogP contribution in [0.15, 0.2) is 55.0 Å². The number of carbonyl (C=O) groups excluding carboxylic acids is 2. The molecule has 0 bridgehead atoms. The molecule has 0 saturated heterocycles. The van der Waals surface area contributed by atoms with E-state index in [0.717, 1.165) is 11.8 Å². The zero-order valence-corrected chi connectivity index (χ0v) is 12.8. The van der Waals surface area contributed by atoms with Gasteiger partial charge in [-0.1, -0.05) is 13.2 Å². The summed E-state index contributed by atoms with van der Waals surface area (Å²) in [7, 11) is 0. The Morgan fingerprint density at radius 2 is 1.68 bits per heavy atom. The molecule has 0 spiro atoms. The highest BCUT2D eigenvalue weighted by molar-refractivity contribution is 5.88. The first-order chi connectivity index (χ1) is 10.3. The maximum atomic E-state index is 11.4. The summed E-state index contributed by atoms with van der Waals surface area (Å²) in [6, 6.07) is 4.89. The molecular formula is C17H18O5. The van der Waals surface area contributed by atoms with Crippen LogP contribution in [0.2, 0.25) is 0 Å². The minimum absolute atomic E-state index is 0.296. The smallest absolute Gasteiger partial charge is 0.338 e. The first-order valence-corrected chi connectivity index (χ1v) is 6.47. The summed E-state index contributed by atoms with van der Waals surface area (Å²) in [4.78, 5) is 22.6. The standard InChI is InChI=1S/C17H18O5/c1-11(2)16(18)21-9-8-20-15-7-6-14(10-13(15)5)22-17(19)12(3)4/h6-10H,1,3H2,2,4-5H3/b9-8-. The van der Waals surface area contributed by atoms with E-state index < -0.39 is 11.9 Å². The molecule has 0 atom stereocenters. The number of hydrogen-bond acceptors (Lipinski definition) is 5. The molecule has 0 aliphatic carbocycles. The van der Waals surface area contributed by atoms with E-state index in [1.807, 2.05) is 0 Å². The minimum atomic E-state index is -0.529. The summed E-state index contributed by atoms with van der Waals surface area (Å²) in [5, 5.41) is 0. The number of rotatable bonds is 6. The Hall–Kier alpha value is -2.82. The third-order valence-electron chi connectivity index (χ3n) is 2.48. The van der Waals surface area contributed by atoms with Gasteiger partial charge < -0.3 is 14.2 Å². The van der Waals surface area contributed by atoms with Gasteiger partial charge in [0.1, 0.15) is 24.0 Å². The largest absolute Gasteiger partial charge is 0.461 e. The quantitative estimate of drug-likeness (QED) is 0.348. The molecule has 1 rings (SSSR count). The molecule has 0 aliphatic rings. The number of carbonyl (C=O) groups is 2. The molecule has 1 aromatic rings. The molecular weight excluding hydrogens is 284 g/mol. The monoisotopic (exact) mass is 302 g/mol. The molecule has 5 heteroatoms. The maximum Gasteiger partial charge on any atom is 0.338 e. The van der Waals surface area contributed by atoms with Crippen LogP contribution in [0.25, 0.3) is 0 Å². The molecule has 0 aliphatic heterocycles. The third kappa shape index (κ3) is 5.28. The fourth-order valence-corrected chi connectivity index (χ4v) is 1.30. The van der Waals surface area contributed by atoms with Gasteiger partial charge in [0, 0.05) is 11.1 Å². The van der Waals surface area contributed by atoms with E-state index in [-0.39, 0.29) is 0 Å². The lowest BCUT2D eigenvalue weighted by Crippen LogP contribution is -2.08. The molecule has 5 nitrogen and oxygen atoms in total. The Morgan fingerprint density at radius 3 is 2.23 bits per heavy atom. The van der Waals surface area contributed by atoms with Crippen molar-refractivity contribution in [3.05, 3.63) is 60.6 Å². The van der Waals surface area contributed by atoms with Crippen LogP contribution in [-0.2, 0) is 14.3 Å². The van der Waals surface area contributed by atoms with Gasteiger partial charge >= 0.3 is 11.9 Å². The SMILES string of the molecule is C=C(C)C(=O)O/C=C\Oc1ccc(OC(=O)C(=C)C)cc1C. The predicted molar refractivity (Wildman–Crippen MR) is 82.3 cm³/mol. The lowest BCUT2D eigenvalue weighted by Gasteiger charge is -2.08. The summed E-state index contributed by atoms with van der Waals surface area (Å²) in [5.74, 6) is -0.0772. The lowest BCUT2D eigenvalue weighted by molar-refractivity contribution is -0.133. The molecule has 0 saturated carbocycles. The molecule has 0 fully saturated rings. The summed E-state index contributed by atoms with van der Waals surface area (Å²) in [6.45, 7) is 11.9. The van der Waals surface area contributed by atoms with Crippen LogP contribution < -0.4 is 9.47 Å². The molecule has 0 amide bonds. The van der Waals surface area contributed by atoms with Crippen molar-refractivity contribution in [1.82, 2.24) is 0 Å². The Labute approximate surface area is 129 Å². The molecule has 0 aromatic heterocycles. The van der Waals surface area contributed by atoms with E-state index in [9.17, 15) is 9.59 Å². The van der Waals surface area contributed by atoms with Gasteiger partial charge in [0.15, 0.2) is 0 Å². The number of ether oxygens (including phenoxy) is 3. The van der Waals surface area contributed by atoms with E-state index in [4.69, 9.17) is 14.2 Å². The van der Waals surface area contributed by atoms with Crippen molar-refractivity contribution in [2.24, 2.45) is 0 Å². The van der Waals surface area contributed by atoms with Gasteiger partial charge in [-0.2, -0.15) is 0 Å². The molecule has 0 heterocycles. The van der Waals surface area contributed by atoms with E-state index >= 15 is 0 Å². The summed E-state index contributed by atoms with van der Waals surface area (Å²) in [5.41, 5.74) is 1.37. The second kappa shape index (κ2) is 7.83. The molecule has 0 unspecified atom stereocenters. The number of esters is 2. The van der Waals surface area contributed by atoms with Crippen molar-refractivity contribution in [3.8, 4) is 11.5 Å². The fraction of sp³-hybridized carbons (Fsp3) is 0.176. The summed E-state index contributed by atoms with van der Waals surface area (Å²) < 4.78 is 15.2. The Balaban J connectivity index is 2.64. The average Bonchev–Trinajstić information content (AvgIpc) is 2.44. The van der Waals surface area contributed by atoms with E-state index in [1.165, 1.54) is 6.26 Å². The average molecular weight is 302 g/mol. The van der Waals surface area contributed by atoms with Crippen molar-refractivity contribution in [2.45, 2.75) is 20.8 Å². The number of benzene rings is 1. The van der Waals surface area contributed by atoms with Crippen LogP contribution in [-0.4, -0.2) is 11.9 Å². The van der Waals surface area contributed by atoms with E-state index in [0.29, 0.717) is 22.6 Å². The Kier molecular flexibility index (Phi) is 6.13. The van der Waals surface area contributed by atoms with Gasteiger partial charge in [-0.3, -0.25) is 0 Å². The van der Waals surface area contributed by atoms with Crippen LogP contribution >= 0.6 is 0 Å². The van der Waals surface area contributed by atoms with Crippen molar-refractivity contribution < 1.29 is 23.8 Å². The minimum Gasteiger partial charge on any atom is -0.461 e. The van der Waals surface area contributed by atoms with Gasteiger partial charge in [-0.15, -0.1) is 0 Å². The molecule has 22 heavy (non-hydrogen) atoms. The van der Waals surface area contributed by atoms with Gasteiger partial charge in [0.25, 0.3) is 0 Å². The zero-order chi connectivity index (χ0) is 16.7. The third-order valence-corrected chi connectivity index (χ3v) is 2.48. The molecule has 0 radical (unpaired) electrons. The van der Waals surface area contributed by atoms with Gasteiger partial charge in [0.2, 0.25) is 0 Å². The van der Waals surface area contributed by atoms with Crippen LogP contribution in [0, 0.1) is 6.92 Å². The Morgan fingerprint density at radius 1 is 1.05 bits per heavy atom. The second-order valence-corrected chi connectivity index (χ2v) is 4.67. The van der Waals surface area contributed by atoms with Crippen LogP contribution in [0.1, 0.15) is 19.4 Å². The fourth-order valence-electron chi connectivity index (χ4n) is 1.30. The van der Waals surface area contributed by atoms with Crippen LogP contribution in [0.5, 0.6) is 11.5 Å². The number of hydrogen-bond donors (Lipinski definition) is 0. The lowest BCUT2D eigenvalue weighted by atomic mass is 10.2. The topological polar surface area (TPSA) is 61.8 Å².